The van der Waals surface area contributed by atoms with Crippen LogP contribution in [0, 0.1) is 0 Å². The fourth-order valence-corrected chi connectivity index (χ4v) is 4.48. The van der Waals surface area contributed by atoms with Gasteiger partial charge in [-0.15, -0.1) is 0 Å². The van der Waals surface area contributed by atoms with Crippen molar-refractivity contribution in [2.24, 2.45) is 0 Å². The maximum absolute atomic E-state index is 13.0. The fraction of sp³-hybridized carbons (Fsp3) is 0.0370. The number of hydrogen-bond acceptors (Lipinski definition) is 4. The van der Waals surface area contributed by atoms with Gasteiger partial charge in [0.1, 0.15) is 6.04 Å². The van der Waals surface area contributed by atoms with Crippen LogP contribution in [0.1, 0.15) is 22.0 Å². The highest BCUT2D eigenvalue weighted by molar-refractivity contribution is 7.92. The third kappa shape index (κ3) is 6.13. The number of carbonyl (C=O) groups is 2. The Kier molecular flexibility index (Phi) is 7.23. The summed E-state index contributed by atoms with van der Waals surface area (Å²) in [5.74, 6) is -0.859. The number of carbonyl (C=O) groups excluding carboxylic acids is 2. The summed E-state index contributed by atoms with van der Waals surface area (Å²) in [7, 11) is -3.75. The molecule has 7 nitrogen and oxygen atoms in total. The van der Waals surface area contributed by atoms with Gasteiger partial charge in [0.05, 0.1) is 4.90 Å². The van der Waals surface area contributed by atoms with Crippen LogP contribution in [0.4, 0.5) is 11.4 Å². The zero-order chi connectivity index (χ0) is 24.7. The smallest absolute Gasteiger partial charge is 0.261 e. The molecule has 2 amide bonds. The molecule has 0 heterocycles. The van der Waals surface area contributed by atoms with Crippen LogP contribution in [-0.4, -0.2) is 20.2 Å². The minimum absolute atomic E-state index is 0.136. The van der Waals surface area contributed by atoms with Crippen molar-refractivity contribution < 1.29 is 18.0 Å². The zero-order valence-electron chi connectivity index (χ0n) is 18.6. The number of amides is 2. The van der Waals surface area contributed by atoms with E-state index >= 15 is 0 Å². The average molecular weight is 486 g/mol. The van der Waals surface area contributed by atoms with E-state index in [1.54, 1.807) is 66.7 Å². The van der Waals surface area contributed by atoms with Gasteiger partial charge in [0.15, 0.2) is 0 Å². The maximum atomic E-state index is 13.0. The molecule has 0 saturated carbocycles. The molecule has 3 N–H and O–H groups in total. The highest BCUT2D eigenvalue weighted by Gasteiger charge is 2.23. The Balaban J connectivity index is 1.49. The monoisotopic (exact) mass is 485 g/mol. The molecule has 4 aromatic rings. The fourth-order valence-electron chi connectivity index (χ4n) is 3.40. The molecule has 176 valence electrons. The Morgan fingerprint density at radius 2 is 1.17 bits per heavy atom. The molecule has 1 atom stereocenters. The van der Waals surface area contributed by atoms with E-state index in [1.165, 1.54) is 36.4 Å². The quantitative estimate of drug-likeness (QED) is 0.339. The van der Waals surface area contributed by atoms with E-state index in [0.717, 1.165) is 0 Å². The number of sulfonamides is 1. The molecule has 0 bridgehead atoms. The van der Waals surface area contributed by atoms with Crippen molar-refractivity contribution in [2.75, 3.05) is 10.0 Å². The van der Waals surface area contributed by atoms with E-state index in [2.05, 4.69) is 15.4 Å². The minimum atomic E-state index is -3.75. The number of rotatable bonds is 8. The van der Waals surface area contributed by atoms with Gasteiger partial charge in [-0.3, -0.25) is 14.3 Å². The van der Waals surface area contributed by atoms with Gasteiger partial charge in [-0.1, -0.05) is 66.7 Å². The average Bonchev–Trinajstić information content (AvgIpc) is 2.89. The van der Waals surface area contributed by atoms with Gasteiger partial charge < -0.3 is 10.6 Å². The Labute approximate surface area is 203 Å². The van der Waals surface area contributed by atoms with Gasteiger partial charge in [-0.05, 0) is 54.1 Å². The third-order valence-corrected chi connectivity index (χ3v) is 6.56. The van der Waals surface area contributed by atoms with Crippen molar-refractivity contribution in [1.82, 2.24) is 5.32 Å². The topological polar surface area (TPSA) is 104 Å². The van der Waals surface area contributed by atoms with Gasteiger partial charge in [0.25, 0.3) is 21.8 Å². The summed E-state index contributed by atoms with van der Waals surface area (Å²) in [5.41, 5.74) is 1.83. The summed E-state index contributed by atoms with van der Waals surface area (Å²) in [4.78, 5) is 26.1. The largest absolute Gasteiger partial charge is 0.336 e. The van der Waals surface area contributed by atoms with Crippen LogP contribution in [0.5, 0.6) is 0 Å². The summed E-state index contributed by atoms with van der Waals surface area (Å²) in [5, 5.41) is 5.59. The number of nitrogens with one attached hydrogen (secondary N) is 3. The lowest BCUT2D eigenvalue weighted by Crippen LogP contribution is -2.37. The molecular weight excluding hydrogens is 462 g/mol. The zero-order valence-corrected chi connectivity index (χ0v) is 19.4. The van der Waals surface area contributed by atoms with E-state index in [4.69, 9.17) is 0 Å². The van der Waals surface area contributed by atoms with Crippen LogP contribution in [0.25, 0.3) is 0 Å². The van der Waals surface area contributed by atoms with E-state index in [-0.39, 0.29) is 16.4 Å². The summed E-state index contributed by atoms with van der Waals surface area (Å²) in [6.45, 7) is 0. The normalized spacial score (nSPS) is 11.8. The molecule has 35 heavy (non-hydrogen) atoms. The van der Waals surface area contributed by atoms with Crippen molar-refractivity contribution in [3.63, 3.8) is 0 Å². The molecule has 4 aromatic carbocycles. The first kappa shape index (κ1) is 23.7. The molecule has 0 radical (unpaired) electrons. The first-order chi connectivity index (χ1) is 16.9. The molecule has 0 aliphatic carbocycles. The summed E-state index contributed by atoms with van der Waals surface area (Å²) in [6.07, 6.45) is 0. The Morgan fingerprint density at radius 3 is 1.77 bits per heavy atom. The molecule has 8 heteroatoms. The van der Waals surface area contributed by atoms with E-state index in [9.17, 15) is 18.0 Å². The Hall–Kier alpha value is -4.43. The second kappa shape index (κ2) is 10.7. The maximum Gasteiger partial charge on any atom is 0.261 e. The van der Waals surface area contributed by atoms with Crippen LogP contribution in [0.3, 0.4) is 0 Å². The minimum Gasteiger partial charge on any atom is -0.336 e. The Morgan fingerprint density at radius 1 is 0.629 bits per heavy atom. The third-order valence-electron chi connectivity index (χ3n) is 5.16. The van der Waals surface area contributed by atoms with Gasteiger partial charge in [0, 0.05) is 16.9 Å². The molecule has 0 saturated heterocycles. The van der Waals surface area contributed by atoms with Crippen molar-refractivity contribution in [1.29, 1.82) is 0 Å². The second-order valence-corrected chi connectivity index (χ2v) is 9.35. The van der Waals surface area contributed by atoms with Crippen molar-refractivity contribution in [3.8, 4) is 0 Å². The van der Waals surface area contributed by atoms with Gasteiger partial charge in [-0.2, -0.15) is 0 Å². The predicted molar refractivity (Wildman–Crippen MR) is 135 cm³/mol. The van der Waals surface area contributed by atoms with Crippen LogP contribution in [0.2, 0.25) is 0 Å². The molecule has 0 spiro atoms. The molecule has 1 unspecified atom stereocenters. The lowest BCUT2D eigenvalue weighted by atomic mass is 10.0. The lowest BCUT2D eigenvalue weighted by molar-refractivity contribution is -0.118. The molecular formula is C27H23N3O4S. The SMILES string of the molecule is O=C(NC(C(=O)Nc1ccccc1)c1ccccc1)c1ccc(NS(=O)(=O)c2ccccc2)cc1. The first-order valence-electron chi connectivity index (χ1n) is 10.8. The highest BCUT2D eigenvalue weighted by Crippen LogP contribution is 2.19. The summed E-state index contributed by atoms with van der Waals surface area (Å²) in [6, 6.07) is 31.0. The van der Waals surface area contributed by atoms with E-state index in [0.29, 0.717) is 16.9 Å². The summed E-state index contributed by atoms with van der Waals surface area (Å²) >= 11 is 0. The molecule has 0 aliphatic heterocycles. The second-order valence-electron chi connectivity index (χ2n) is 7.67. The molecule has 4 rings (SSSR count). The number of benzene rings is 4. The number of para-hydroxylation sites is 1. The van der Waals surface area contributed by atoms with Crippen LogP contribution < -0.4 is 15.4 Å². The van der Waals surface area contributed by atoms with Crippen molar-refractivity contribution >= 4 is 33.2 Å². The van der Waals surface area contributed by atoms with Crippen LogP contribution in [-0.2, 0) is 14.8 Å². The molecule has 0 aromatic heterocycles. The first-order valence-corrected chi connectivity index (χ1v) is 12.3. The van der Waals surface area contributed by atoms with Gasteiger partial charge in [0.2, 0.25) is 0 Å². The van der Waals surface area contributed by atoms with Crippen molar-refractivity contribution in [3.05, 3.63) is 126 Å². The van der Waals surface area contributed by atoms with Gasteiger partial charge >= 0.3 is 0 Å². The predicted octanol–water partition coefficient (Wildman–Crippen LogP) is 4.60. The molecule has 0 fully saturated rings. The van der Waals surface area contributed by atoms with Crippen LogP contribution in [0.15, 0.2) is 120 Å². The van der Waals surface area contributed by atoms with E-state index in [1.807, 2.05) is 12.1 Å². The Bertz CT molecular complexity index is 1390. The highest BCUT2D eigenvalue weighted by atomic mass is 32.2. The number of hydrogen-bond donors (Lipinski definition) is 3. The summed E-state index contributed by atoms with van der Waals surface area (Å²) < 4.78 is 27.5. The van der Waals surface area contributed by atoms with Crippen LogP contribution >= 0.6 is 0 Å². The van der Waals surface area contributed by atoms with E-state index < -0.39 is 22.0 Å². The lowest BCUT2D eigenvalue weighted by Gasteiger charge is -2.19. The molecule has 0 aliphatic rings. The van der Waals surface area contributed by atoms with Crippen molar-refractivity contribution in [2.45, 2.75) is 10.9 Å². The number of anilines is 2. The van der Waals surface area contributed by atoms with Gasteiger partial charge in [-0.25, -0.2) is 8.42 Å². The standard InChI is InChI=1S/C27H23N3O4S/c31-26(21-16-18-23(19-17-21)30-35(33,34)24-14-8-3-9-15-24)29-25(20-10-4-1-5-11-20)27(32)28-22-12-6-2-7-13-22/h1-19,25,30H,(H,28,32)(H,29,31).